The van der Waals surface area contributed by atoms with Crippen molar-refractivity contribution in [2.45, 2.75) is 0 Å². The van der Waals surface area contributed by atoms with Crippen LogP contribution in [0, 0.1) is 11.3 Å². The van der Waals surface area contributed by atoms with Crippen molar-refractivity contribution in [1.29, 1.82) is 5.26 Å². The molecule has 0 atom stereocenters. The quantitative estimate of drug-likeness (QED) is 0.400. The van der Waals surface area contributed by atoms with Crippen LogP contribution in [-0.2, 0) is 4.79 Å². The van der Waals surface area contributed by atoms with Crippen molar-refractivity contribution in [1.82, 2.24) is 4.98 Å². The maximum atomic E-state index is 12.3. The predicted molar refractivity (Wildman–Crippen MR) is 106 cm³/mol. The van der Waals surface area contributed by atoms with Gasteiger partial charge in [-0.2, -0.15) is 5.26 Å². The van der Waals surface area contributed by atoms with Crippen LogP contribution in [0.3, 0.4) is 0 Å². The number of nitriles is 1. The van der Waals surface area contributed by atoms with Crippen molar-refractivity contribution in [3.05, 3.63) is 78.1 Å². The summed E-state index contributed by atoms with van der Waals surface area (Å²) in [6, 6.07) is 22.2. The van der Waals surface area contributed by atoms with Gasteiger partial charge in [-0.25, -0.2) is 4.98 Å². The molecule has 0 aliphatic heterocycles. The zero-order valence-corrected chi connectivity index (χ0v) is 14.9. The number of nitrogens with one attached hydrogen (secondary N) is 1. The van der Waals surface area contributed by atoms with Gasteiger partial charge in [0.25, 0.3) is 5.91 Å². The molecule has 0 fully saturated rings. The highest BCUT2D eigenvalue weighted by atomic mass is 32.1. The summed E-state index contributed by atoms with van der Waals surface area (Å²) in [7, 11) is 0. The minimum Gasteiger partial charge on any atom is -0.454 e. The lowest BCUT2D eigenvalue weighted by atomic mass is 10.2. The van der Waals surface area contributed by atoms with E-state index in [-0.39, 0.29) is 5.57 Å². The first-order chi connectivity index (χ1) is 13.2. The molecule has 1 amide bonds. The third-order valence-electron chi connectivity index (χ3n) is 3.81. The second-order valence-corrected chi connectivity index (χ2v) is 6.71. The third-order valence-corrected chi connectivity index (χ3v) is 4.87. The Morgan fingerprint density at radius 2 is 1.85 bits per heavy atom. The lowest BCUT2D eigenvalue weighted by molar-refractivity contribution is -0.112. The van der Waals surface area contributed by atoms with Crippen LogP contribution in [0.15, 0.2) is 76.7 Å². The molecule has 27 heavy (non-hydrogen) atoms. The monoisotopic (exact) mass is 371 g/mol. The molecule has 0 aliphatic carbocycles. The Kier molecular flexibility index (Phi) is 4.52. The number of anilines is 1. The number of nitrogens with zero attached hydrogens (tertiary/aromatic N) is 2. The van der Waals surface area contributed by atoms with Crippen LogP contribution < -0.4 is 5.32 Å². The highest BCUT2D eigenvalue weighted by molar-refractivity contribution is 7.21. The Balaban J connectivity index is 1.58. The van der Waals surface area contributed by atoms with Gasteiger partial charge in [0.05, 0.1) is 10.2 Å². The standard InChI is InChI=1S/C21H13N3O2S/c22-13-14(20(25)23-15-6-2-1-3-7-15)12-16-10-11-18(26-16)21-24-17-8-4-5-9-19(17)27-21/h1-12H,(H,23,25)/b14-12+. The van der Waals surface area contributed by atoms with Crippen LogP contribution in [0.4, 0.5) is 5.69 Å². The van der Waals surface area contributed by atoms with E-state index in [0.29, 0.717) is 17.2 Å². The molecular weight excluding hydrogens is 358 g/mol. The normalized spacial score (nSPS) is 11.3. The van der Waals surface area contributed by atoms with E-state index in [1.807, 2.05) is 48.5 Å². The molecule has 4 aromatic rings. The van der Waals surface area contributed by atoms with E-state index < -0.39 is 5.91 Å². The summed E-state index contributed by atoms with van der Waals surface area (Å²) in [5, 5.41) is 12.8. The summed E-state index contributed by atoms with van der Waals surface area (Å²) in [6.07, 6.45) is 1.43. The highest BCUT2D eigenvalue weighted by Gasteiger charge is 2.13. The van der Waals surface area contributed by atoms with E-state index in [1.165, 1.54) is 17.4 Å². The number of hydrogen-bond donors (Lipinski definition) is 1. The maximum absolute atomic E-state index is 12.3. The number of aromatic nitrogens is 1. The van der Waals surface area contributed by atoms with Gasteiger partial charge in [0, 0.05) is 11.8 Å². The van der Waals surface area contributed by atoms with Gasteiger partial charge >= 0.3 is 0 Å². The van der Waals surface area contributed by atoms with Gasteiger partial charge in [0.1, 0.15) is 17.4 Å². The number of benzene rings is 2. The molecule has 2 heterocycles. The van der Waals surface area contributed by atoms with Gasteiger partial charge in [-0.1, -0.05) is 30.3 Å². The predicted octanol–water partition coefficient (Wildman–Crippen LogP) is 5.10. The van der Waals surface area contributed by atoms with Crippen LogP contribution in [-0.4, -0.2) is 10.9 Å². The molecule has 0 saturated heterocycles. The number of carbonyl (C=O) groups is 1. The Morgan fingerprint density at radius 3 is 2.63 bits per heavy atom. The number of rotatable bonds is 4. The van der Waals surface area contributed by atoms with Gasteiger partial charge in [0.2, 0.25) is 0 Å². The topological polar surface area (TPSA) is 78.9 Å². The summed E-state index contributed by atoms with van der Waals surface area (Å²) < 4.78 is 6.84. The molecule has 6 heteroatoms. The number of para-hydroxylation sites is 2. The van der Waals surface area contributed by atoms with Crippen molar-refractivity contribution in [2.24, 2.45) is 0 Å². The summed E-state index contributed by atoms with van der Waals surface area (Å²) in [4.78, 5) is 16.8. The molecular formula is C21H13N3O2S. The van der Waals surface area contributed by atoms with Crippen LogP contribution in [0.25, 0.3) is 27.1 Å². The molecule has 0 saturated carbocycles. The van der Waals surface area contributed by atoms with Gasteiger partial charge in [-0.05, 0) is 36.4 Å². The van der Waals surface area contributed by atoms with E-state index in [9.17, 15) is 10.1 Å². The average molecular weight is 371 g/mol. The highest BCUT2D eigenvalue weighted by Crippen LogP contribution is 2.31. The molecule has 0 spiro atoms. The third kappa shape index (κ3) is 3.64. The summed E-state index contributed by atoms with van der Waals surface area (Å²) >= 11 is 1.53. The van der Waals surface area contributed by atoms with Crippen LogP contribution in [0.1, 0.15) is 5.76 Å². The van der Waals surface area contributed by atoms with Crippen molar-refractivity contribution in [3.8, 4) is 16.8 Å². The van der Waals surface area contributed by atoms with Gasteiger partial charge < -0.3 is 9.73 Å². The number of fused-ring (bicyclic) bond motifs is 1. The Labute approximate surface area is 159 Å². The molecule has 0 aliphatic rings. The zero-order valence-electron chi connectivity index (χ0n) is 14.0. The number of furan rings is 1. The number of thiazole rings is 1. The maximum Gasteiger partial charge on any atom is 0.266 e. The molecule has 5 nitrogen and oxygen atoms in total. The molecule has 0 unspecified atom stereocenters. The van der Waals surface area contributed by atoms with E-state index in [1.54, 1.807) is 24.3 Å². The number of carbonyl (C=O) groups excluding carboxylic acids is 1. The molecule has 2 aromatic heterocycles. The Bertz CT molecular complexity index is 1150. The van der Waals surface area contributed by atoms with Gasteiger partial charge in [0.15, 0.2) is 10.8 Å². The fourth-order valence-electron chi connectivity index (χ4n) is 2.53. The van der Waals surface area contributed by atoms with Crippen molar-refractivity contribution >= 4 is 39.2 Å². The van der Waals surface area contributed by atoms with E-state index in [4.69, 9.17) is 4.42 Å². The molecule has 0 radical (unpaired) electrons. The van der Waals surface area contributed by atoms with Crippen molar-refractivity contribution in [3.63, 3.8) is 0 Å². The fourth-order valence-corrected chi connectivity index (χ4v) is 3.46. The van der Waals surface area contributed by atoms with Crippen LogP contribution >= 0.6 is 11.3 Å². The largest absolute Gasteiger partial charge is 0.454 e. The first kappa shape index (κ1) is 16.8. The average Bonchev–Trinajstić information content (AvgIpc) is 3.33. The smallest absolute Gasteiger partial charge is 0.266 e. The lowest BCUT2D eigenvalue weighted by Crippen LogP contribution is -2.13. The van der Waals surface area contributed by atoms with Crippen LogP contribution in [0.2, 0.25) is 0 Å². The minimum absolute atomic E-state index is 0.0379. The molecule has 130 valence electrons. The number of hydrogen-bond acceptors (Lipinski definition) is 5. The molecule has 0 bridgehead atoms. The zero-order chi connectivity index (χ0) is 18.6. The second kappa shape index (κ2) is 7.28. The lowest BCUT2D eigenvalue weighted by Gasteiger charge is -2.02. The van der Waals surface area contributed by atoms with E-state index in [0.717, 1.165) is 15.2 Å². The Hall–Kier alpha value is -3.69. The first-order valence-electron chi connectivity index (χ1n) is 8.17. The second-order valence-electron chi connectivity index (χ2n) is 5.68. The van der Waals surface area contributed by atoms with Gasteiger partial charge in [-0.15, -0.1) is 11.3 Å². The minimum atomic E-state index is -0.485. The summed E-state index contributed by atoms with van der Waals surface area (Å²) in [5.41, 5.74) is 1.49. The van der Waals surface area contributed by atoms with Crippen molar-refractivity contribution < 1.29 is 9.21 Å². The fraction of sp³-hybridized carbons (Fsp3) is 0. The van der Waals surface area contributed by atoms with E-state index in [2.05, 4.69) is 10.3 Å². The Morgan fingerprint density at radius 1 is 1.07 bits per heavy atom. The van der Waals surface area contributed by atoms with Gasteiger partial charge in [-0.3, -0.25) is 4.79 Å². The van der Waals surface area contributed by atoms with Crippen LogP contribution in [0.5, 0.6) is 0 Å². The summed E-state index contributed by atoms with van der Waals surface area (Å²) in [5.74, 6) is 0.536. The molecule has 4 rings (SSSR count). The first-order valence-corrected chi connectivity index (χ1v) is 8.98. The summed E-state index contributed by atoms with van der Waals surface area (Å²) in [6.45, 7) is 0. The van der Waals surface area contributed by atoms with E-state index >= 15 is 0 Å². The molecule has 2 aromatic carbocycles. The molecule has 1 N–H and O–H groups in total. The van der Waals surface area contributed by atoms with Crippen molar-refractivity contribution in [2.75, 3.05) is 5.32 Å². The number of amides is 1. The SMILES string of the molecule is N#C/C(=C\c1ccc(-c2nc3ccccc3s2)o1)C(=O)Nc1ccccc1.